The van der Waals surface area contributed by atoms with Crippen molar-refractivity contribution in [1.82, 2.24) is 0 Å². The molecule has 0 saturated carbocycles. The largest absolute Gasteiger partial charge is 0.504 e. The highest BCUT2D eigenvalue weighted by Crippen LogP contribution is 2.62. The van der Waals surface area contributed by atoms with Gasteiger partial charge in [0.25, 0.3) is 0 Å². The second-order valence-corrected chi connectivity index (χ2v) is 14.0. The molecule has 0 heterocycles. The second-order valence-electron chi connectivity index (χ2n) is 14.0. The molecule has 0 unspecified atom stereocenters. The molecule has 0 spiro atoms. The van der Waals surface area contributed by atoms with Crippen LogP contribution in [0.2, 0.25) is 0 Å². The lowest BCUT2D eigenvalue weighted by Gasteiger charge is -2.23. The van der Waals surface area contributed by atoms with Crippen LogP contribution in [0.1, 0.15) is 0 Å². The Hall–Kier alpha value is -7.84. The summed E-state index contributed by atoms with van der Waals surface area (Å²) in [7, 11) is 0. The summed E-state index contributed by atoms with van der Waals surface area (Å²) in [6.07, 6.45) is 0. The molecule has 8 N–H and O–H groups in total. The number of fused-ring (bicyclic) bond motifs is 8. The minimum absolute atomic E-state index is 0.00524. The van der Waals surface area contributed by atoms with Crippen molar-refractivity contribution < 1.29 is 40.9 Å². The molecule has 0 saturated heterocycles. The number of benzene rings is 10. The van der Waals surface area contributed by atoms with Crippen LogP contribution >= 0.6 is 0 Å². The van der Waals surface area contributed by atoms with Crippen molar-refractivity contribution in [3.05, 3.63) is 133 Å². The Morgan fingerprint density at radius 3 is 1.32 bits per heavy atom. The van der Waals surface area contributed by atoms with Gasteiger partial charge in [0.2, 0.25) is 23.0 Å². The summed E-state index contributed by atoms with van der Waals surface area (Å²) in [5.74, 6) is -7.37. The third-order valence-electron chi connectivity index (χ3n) is 11.1. The van der Waals surface area contributed by atoms with Crippen LogP contribution in [-0.4, -0.2) is 40.9 Å². The molecule has 0 fully saturated rings. The zero-order chi connectivity index (χ0) is 38.6. The molecule has 10 aromatic carbocycles. The molecule has 0 aliphatic carbocycles. The molecule has 0 aromatic heterocycles. The Labute approximate surface area is 317 Å². The van der Waals surface area contributed by atoms with E-state index in [4.69, 9.17) is 0 Å². The molecule has 0 radical (unpaired) electrons. The number of rotatable bonds is 3. The quantitative estimate of drug-likeness (QED) is 0.0385. The Balaban J connectivity index is 1.38. The topological polar surface area (TPSA) is 162 Å². The number of phenols is 8. The second kappa shape index (κ2) is 11.8. The van der Waals surface area contributed by atoms with E-state index in [0.29, 0.717) is 16.5 Å². The minimum Gasteiger partial charge on any atom is -0.504 e. The van der Waals surface area contributed by atoms with E-state index in [0.717, 1.165) is 48.8 Å². The Morgan fingerprint density at radius 1 is 0.250 bits per heavy atom. The summed E-state index contributed by atoms with van der Waals surface area (Å²) >= 11 is 0. The lowest BCUT2D eigenvalue weighted by molar-refractivity contribution is 0.350. The maximum atomic E-state index is 11.8. The zero-order valence-electron chi connectivity index (χ0n) is 29.3. The first-order chi connectivity index (χ1) is 27.2. The molecule has 56 heavy (non-hydrogen) atoms. The number of aromatic hydroxyl groups is 8. The predicted octanol–water partition coefficient (Wildman–Crippen LogP) is 11.3. The van der Waals surface area contributed by atoms with Gasteiger partial charge in [-0.1, -0.05) is 121 Å². The maximum Gasteiger partial charge on any atom is 0.204 e. The fourth-order valence-corrected chi connectivity index (χ4v) is 8.58. The monoisotopic (exact) mass is 734 g/mol. The van der Waals surface area contributed by atoms with Gasteiger partial charge in [-0.25, -0.2) is 0 Å². The Bertz CT molecular complexity index is 3260. The standard InChI is InChI=1S/C48H30O8/c49-41-37-35(26-13-7-12-25(21-26)33-22-27-20-19-24-10-2-4-15-29(24)34(27)32-17-6-5-16-30(32)33)38-40(44(52)48(56)46(54)42(38)50)36(39(37)43(51)47(55)45(41)53)31-18-8-11-23-9-1-3-14-28(23)31/h1-22,49-56H. The van der Waals surface area contributed by atoms with Gasteiger partial charge in [0.1, 0.15) is 0 Å². The number of phenolic OH excluding ortho intramolecular Hbond substituents is 8. The lowest BCUT2D eigenvalue weighted by atomic mass is 9.82. The van der Waals surface area contributed by atoms with Crippen molar-refractivity contribution in [2.75, 3.05) is 0 Å². The van der Waals surface area contributed by atoms with Crippen molar-refractivity contribution in [2.24, 2.45) is 0 Å². The van der Waals surface area contributed by atoms with Crippen LogP contribution in [0.4, 0.5) is 0 Å². The summed E-state index contributed by atoms with van der Waals surface area (Å²) < 4.78 is 0. The first kappa shape index (κ1) is 32.8. The zero-order valence-corrected chi connectivity index (χ0v) is 29.3. The third kappa shape index (κ3) is 4.41. The number of hydrogen-bond acceptors (Lipinski definition) is 8. The average molecular weight is 735 g/mol. The highest BCUT2D eigenvalue weighted by molar-refractivity contribution is 6.30. The molecule has 10 rings (SSSR count). The highest BCUT2D eigenvalue weighted by atomic mass is 16.4. The van der Waals surface area contributed by atoms with Crippen LogP contribution < -0.4 is 0 Å². The Morgan fingerprint density at radius 2 is 0.696 bits per heavy atom. The fourth-order valence-electron chi connectivity index (χ4n) is 8.58. The molecule has 0 aliphatic heterocycles. The summed E-state index contributed by atoms with van der Waals surface area (Å²) in [4.78, 5) is 0. The van der Waals surface area contributed by atoms with Gasteiger partial charge in [-0.2, -0.15) is 0 Å². The molecule has 0 bridgehead atoms. The van der Waals surface area contributed by atoms with Crippen LogP contribution in [-0.2, 0) is 0 Å². The number of hydrogen-bond donors (Lipinski definition) is 8. The van der Waals surface area contributed by atoms with Crippen molar-refractivity contribution >= 4 is 64.6 Å². The molecule has 0 atom stereocenters. The van der Waals surface area contributed by atoms with Gasteiger partial charge < -0.3 is 40.9 Å². The van der Waals surface area contributed by atoms with Gasteiger partial charge in [-0.3, -0.25) is 0 Å². The van der Waals surface area contributed by atoms with Gasteiger partial charge in [0.15, 0.2) is 23.0 Å². The molecule has 270 valence electrons. The van der Waals surface area contributed by atoms with Crippen molar-refractivity contribution in [3.63, 3.8) is 0 Å². The molecule has 10 aromatic rings. The molecule has 8 heteroatoms. The molecule has 0 amide bonds. The molecular weight excluding hydrogens is 705 g/mol. The van der Waals surface area contributed by atoms with Gasteiger partial charge in [0.05, 0.1) is 0 Å². The van der Waals surface area contributed by atoms with E-state index >= 15 is 0 Å². The van der Waals surface area contributed by atoms with Gasteiger partial charge in [0, 0.05) is 32.7 Å². The summed E-state index contributed by atoms with van der Waals surface area (Å²) in [5, 5.41) is 98.1. The third-order valence-corrected chi connectivity index (χ3v) is 11.1. The molecule has 8 nitrogen and oxygen atoms in total. The maximum absolute atomic E-state index is 11.8. The van der Waals surface area contributed by atoms with E-state index in [2.05, 4.69) is 36.4 Å². The van der Waals surface area contributed by atoms with E-state index in [1.807, 2.05) is 54.6 Å². The molecular formula is C48H30O8. The predicted molar refractivity (Wildman–Crippen MR) is 221 cm³/mol. The van der Waals surface area contributed by atoms with E-state index in [1.165, 1.54) is 0 Å². The highest BCUT2D eigenvalue weighted by Gasteiger charge is 2.32. The van der Waals surface area contributed by atoms with Crippen LogP contribution in [0.3, 0.4) is 0 Å². The van der Waals surface area contributed by atoms with Crippen LogP contribution in [0.5, 0.6) is 46.0 Å². The first-order valence-corrected chi connectivity index (χ1v) is 17.8. The van der Waals surface area contributed by atoms with Gasteiger partial charge in [-0.05, 0) is 77.5 Å². The van der Waals surface area contributed by atoms with Crippen molar-refractivity contribution in [2.45, 2.75) is 0 Å². The average Bonchev–Trinajstić information content (AvgIpc) is 3.24. The smallest absolute Gasteiger partial charge is 0.204 e. The minimum atomic E-state index is -1.02. The van der Waals surface area contributed by atoms with Gasteiger partial charge in [-0.15, -0.1) is 0 Å². The Kier molecular flexibility index (Phi) is 6.93. The summed E-state index contributed by atoms with van der Waals surface area (Å²) in [6, 6.07) is 42.3. The van der Waals surface area contributed by atoms with Crippen LogP contribution in [0, 0.1) is 0 Å². The first-order valence-electron chi connectivity index (χ1n) is 17.8. The van der Waals surface area contributed by atoms with E-state index in [9.17, 15) is 40.9 Å². The van der Waals surface area contributed by atoms with Crippen molar-refractivity contribution in [1.29, 1.82) is 0 Å². The van der Waals surface area contributed by atoms with E-state index < -0.39 is 46.0 Å². The molecule has 0 aliphatic rings. The van der Waals surface area contributed by atoms with Crippen molar-refractivity contribution in [3.8, 4) is 79.4 Å². The van der Waals surface area contributed by atoms with Crippen LogP contribution in [0.15, 0.2) is 133 Å². The normalized spacial score (nSPS) is 11.8. The SMILES string of the molecule is Oc1c(O)c(O)c2c(-c3cccc4ccccc34)c3c(O)c(O)c(O)c(O)c3c(-c3cccc(-c4cc5ccc6ccccc6c5c5ccccc45)c3)c2c1O. The van der Waals surface area contributed by atoms with E-state index in [-0.39, 0.29) is 32.7 Å². The van der Waals surface area contributed by atoms with E-state index in [1.54, 1.807) is 42.5 Å². The van der Waals surface area contributed by atoms with Gasteiger partial charge >= 0.3 is 0 Å². The lowest BCUT2D eigenvalue weighted by Crippen LogP contribution is -1.95. The van der Waals surface area contributed by atoms with Crippen LogP contribution in [0.25, 0.3) is 98.0 Å². The fraction of sp³-hybridized carbons (Fsp3) is 0. The summed E-state index contributed by atoms with van der Waals surface area (Å²) in [5.41, 5.74) is 2.31. The summed E-state index contributed by atoms with van der Waals surface area (Å²) in [6.45, 7) is 0.